The number of aliphatic hydroxyl groups is 1. The van der Waals surface area contributed by atoms with E-state index in [1.165, 1.54) is 12.3 Å². The van der Waals surface area contributed by atoms with Gasteiger partial charge < -0.3 is 10.2 Å². The molecule has 4 nitrogen and oxygen atoms in total. The van der Waals surface area contributed by atoms with Gasteiger partial charge in [0.15, 0.2) is 0 Å². The van der Waals surface area contributed by atoms with Crippen molar-refractivity contribution in [3.05, 3.63) is 30.1 Å². The Balaban J connectivity index is 0.000000310. The minimum atomic E-state index is -0.990. The van der Waals surface area contributed by atoms with Crippen molar-refractivity contribution >= 4 is 5.97 Å². The van der Waals surface area contributed by atoms with Crippen molar-refractivity contribution < 1.29 is 15.0 Å². The summed E-state index contributed by atoms with van der Waals surface area (Å²) in [6.45, 7) is 2.25. The van der Waals surface area contributed by atoms with Gasteiger partial charge in [0.2, 0.25) is 0 Å². The zero-order chi connectivity index (χ0) is 10.1. The summed E-state index contributed by atoms with van der Waals surface area (Å²) in [5.41, 5.74) is 0.0810. The van der Waals surface area contributed by atoms with Gasteiger partial charge in [0.05, 0.1) is 0 Å². The minimum Gasteiger partial charge on any atom is -0.477 e. The van der Waals surface area contributed by atoms with E-state index in [-0.39, 0.29) is 5.69 Å². The molecular weight excluding hydrogens is 170 g/mol. The van der Waals surface area contributed by atoms with Crippen LogP contribution >= 0.6 is 0 Å². The summed E-state index contributed by atoms with van der Waals surface area (Å²) in [6, 6.07) is 4.76. The maximum Gasteiger partial charge on any atom is 0.354 e. The highest BCUT2D eigenvalue weighted by Gasteiger charge is 1.98. The predicted octanol–water partition coefficient (Wildman–Crippen LogP) is 1.17. The van der Waals surface area contributed by atoms with Crippen molar-refractivity contribution in [3.63, 3.8) is 0 Å². The topological polar surface area (TPSA) is 70.4 Å². The van der Waals surface area contributed by atoms with Crippen LogP contribution < -0.4 is 0 Å². The van der Waals surface area contributed by atoms with Crippen molar-refractivity contribution in [2.45, 2.75) is 13.3 Å². The molecule has 0 saturated heterocycles. The molecule has 0 aromatic carbocycles. The van der Waals surface area contributed by atoms with Crippen molar-refractivity contribution in [1.82, 2.24) is 4.98 Å². The Bertz CT molecular complexity index is 234. The van der Waals surface area contributed by atoms with E-state index < -0.39 is 5.97 Å². The number of carboxylic acids is 1. The van der Waals surface area contributed by atoms with Crippen LogP contribution in [0.2, 0.25) is 0 Å². The number of pyridine rings is 1. The van der Waals surface area contributed by atoms with Crippen molar-refractivity contribution in [3.8, 4) is 0 Å². The molecule has 0 amide bonds. The van der Waals surface area contributed by atoms with Crippen LogP contribution in [0.15, 0.2) is 24.4 Å². The number of carboxylic acid groups (broad SMARTS) is 1. The maximum atomic E-state index is 10.1. The van der Waals surface area contributed by atoms with Gasteiger partial charge in [-0.15, -0.1) is 0 Å². The first-order valence-electron chi connectivity index (χ1n) is 3.97. The lowest BCUT2D eigenvalue weighted by atomic mass is 10.4. The Labute approximate surface area is 76.9 Å². The van der Waals surface area contributed by atoms with Gasteiger partial charge in [0, 0.05) is 12.8 Å². The van der Waals surface area contributed by atoms with E-state index in [4.69, 9.17) is 10.2 Å². The highest BCUT2D eigenvalue weighted by Crippen LogP contribution is 1.90. The van der Waals surface area contributed by atoms with Crippen molar-refractivity contribution in [2.24, 2.45) is 0 Å². The number of aliphatic hydroxyl groups excluding tert-OH is 1. The summed E-state index contributed by atoms with van der Waals surface area (Å²) in [6.07, 6.45) is 2.32. The fraction of sp³-hybridized carbons (Fsp3) is 0.333. The summed E-state index contributed by atoms with van der Waals surface area (Å²) in [5, 5.41) is 16.2. The van der Waals surface area contributed by atoms with Crippen molar-refractivity contribution in [1.29, 1.82) is 0 Å². The van der Waals surface area contributed by atoms with Gasteiger partial charge in [-0.3, -0.25) is 0 Å². The van der Waals surface area contributed by atoms with E-state index in [1.54, 1.807) is 12.1 Å². The Morgan fingerprint density at radius 1 is 1.54 bits per heavy atom. The molecule has 2 N–H and O–H groups in total. The van der Waals surface area contributed by atoms with Crippen LogP contribution in [0.1, 0.15) is 23.8 Å². The molecule has 13 heavy (non-hydrogen) atoms. The third kappa shape index (κ3) is 5.81. The van der Waals surface area contributed by atoms with Gasteiger partial charge in [0.1, 0.15) is 5.69 Å². The maximum absolute atomic E-state index is 10.1. The molecule has 0 aliphatic heterocycles. The zero-order valence-corrected chi connectivity index (χ0v) is 7.47. The molecule has 1 aromatic rings. The van der Waals surface area contributed by atoms with Gasteiger partial charge in [-0.05, 0) is 18.6 Å². The Kier molecular flexibility index (Phi) is 6.45. The normalized spacial score (nSPS) is 8.46. The Morgan fingerprint density at radius 2 is 2.15 bits per heavy atom. The smallest absolute Gasteiger partial charge is 0.354 e. The highest BCUT2D eigenvalue weighted by atomic mass is 16.4. The molecule has 0 aliphatic carbocycles. The lowest BCUT2D eigenvalue weighted by Crippen LogP contribution is -1.97. The first-order valence-corrected chi connectivity index (χ1v) is 3.97. The highest BCUT2D eigenvalue weighted by molar-refractivity contribution is 5.85. The molecule has 1 rings (SSSR count). The van der Waals surface area contributed by atoms with Crippen LogP contribution in [0.25, 0.3) is 0 Å². The van der Waals surface area contributed by atoms with E-state index >= 15 is 0 Å². The van der Waals surface area contributed by atoms with Crippen LogP contribution in [-0.2, 0) is 0 Å². The van der Waals surface area contributed by atoms with Crippen LogP contribution in [0, 0.1) is 0 Å². The molecule has 1 aromatic heterocycles. The lowest BCUT2D eigenvalue weighted by Gasteiger charge is -1.87. The van der Waals surface area contributed by atoms with Crippen LogP contribution in [0.4, 0.5) is 0 Å². The van der Waals surface area contributed by atoms with Crippen LogP contribution in [0.3, 0.4) is 0 Å². The summed E-state index contributed by atoms with van der Waals surface area (Å²) in [7, 11) is 0. The third-order valence-electron chi connectivity index (χ3n) is 1.11. The first kappa shape index (κ1) is 11.6. The molecule has 0 saturated carbocycles. The minimum absolute atomic E-state index is 0.0810. The van der Waals surface area contributed by atoms with E-state index in [9.17, 15) is 4.79 Å². The summed E-state index contributed by atoms with van der Waals surface area (Å²) >= 11 is 0. The third-order valence-corrected chi connectivity index (χ3v) is 1.11. The molecule has 0 atom stereocenters. The standard InChI is InChI=1S/C6H5NO2.C3H8O/c8-6(9)5-3-1-2-4-7-5;1-2-3-4/h1-4H,(H,8,9);4H,2-3H2,1H3. The summed E-state index contributed by atoms with van der Waals surface area (Å²) in [4.78, 5) is 13.7. The number of nitrogens with zero attached hydrogens (tertiary/aromatic N) is 1. The number of aromatic nitrogens is 1. The molecule has 0 spiro atoms. The second-order valence-corrected chi connectivity index (χ2v) is 2.24. The molecule has 0 unspecified atom stereocenters. The Morgan fingerprint density at radius 3 is 2.38 bits per heavy atom. The van der Waals surface area contributed by atoms with Gasteiger partial charge in [-0.25, -0.2) is 9.78 Å². The van der Waals surface area contributed by atoms with Gasteiger partial charge in [-0.2, -0.15) is 0 Å². The second-order valence-electron chi connectivity index (χ2n) is 2.24. The largest absolute Gasteiger partial charge is 0.477 e. The Hall–Kier alpha value is -1.42. The lowest BCUT2D eigenvalue weighted by molar-refractivity contribution is 0.0690. The van der Waals surface area contributed by atoms with E-state index in [0.717, 1.165) is 6.42 Å². The van der Waals surface area contributed by atoms with E-state index in [0.29, 0.717) is 6.61 Å². The fourth-order valence-electron chi connectivity index (χ4n) is 0.489. The van der Waals surface area contributed by atoms with Crippen LogP contribution in [0.5, 0.6) is 0 Å². The van der Waals surface area contributed by atoms with Crippen LogP contribution in [-0.4, -0.2) is 27.8 Å². The molecule has 0 radical (unpaired) electrons. The average molecular weight is 183 g/mol. The summed E-state index contributed by atoms with van der Waals surface area (Å²) in [5.74, 6) is -0.990. The number of hydrogen-bond acceptors (Lipinski definition) is 3. The quantitative estimate of drug-likeness (QED) is 0.722. The molecule has 4 heteroatoms. The van der Waals surface area contributed by atoms with Crippen molar-refractivity contribution in [2.75, 3.05) is 6.61 Å². The molecule has 0 bridgehead atoms. The molecule has 0 fully saturated rings. The van der Waals surface area contributed by atoms with E-state index in [2.05, 4.69) is 4.98 Å². The SMILES string of the molecule is CCCO.O=C(O)c1ccccn1. The van der Waals surface area contributed by atoms with Gasteiger partial charge in [0.25, 0.3) is 0 Å². The average Bonchev–Trinajstić information content (AvgIpc) is 2.19. The monoisotopic (exact) mass is 183 g/mol. The number of rotatable bonds is 2. The second kappa shape index (κ2) is 7.24. The van der Waals surface area contributed by atoms with Gasteiger partial charge >= 0.3 is 5.97 Å². The molecule has 1 heterocycles. The molecular formula is C9H13NO3. The molecule has 72 valence electrons. The number of hydrogen-bond donors (Lipinski definition) is 2. The number of aromatic carboxylic acids is 1. The first-order chi connectivity index (χ1) is 6.22. The summed E-state index contributed by atoms with van der Waals surface area (Å²) < 4.78 is 0. The number of carbonyl (C=O) groups is 1. The van der Waals surface area contributed by atoms with Gasteiger partial charge in [-0.1, -0.05) is 13.0 Å². The zero-order valence-electron chi connectivity index (χ0n) is 7.47. The predicted molar refractivity (Wildman–Crippen MR) is 48.6 cm³/mol. The fourth-order valence-corrected chi connectivity index (χ4v) is 0.489. The van der Waals surface area contributed by atoms with E-state index in [1.807, 2.05) is 6.92 Å². The molecule has 0 aliphatic rings.